The average molecular weight is 376 g/mol. The number of ether oxygens (including phenoxy) is 1. The highest BCUT2D eigenvalue weighted by atomic mass is 19.1. The van der Waals surface area contributed by atoms with E-state index in [1.54, 1.807) is 13.2 Å². The summed E-state index contributed by atoms with van der Waals surface area (Å²) >= 11 is 0. The Morgan fingerprint density at radius 1 is 1.07 bits per heavy atom. The van der Waals surface area contributed by atoms with E-state index in [4.69, 9.17) is 10.5 Å². The minimum absolute atomic E-state index is 0.110. The fraction of sp³-hybridized carbons (Fsp3) is 0.250. The fourth-order valence-electron chi connectivity index (χ4n) is 4.17. The van der Waals surface area contributed by atoms with Crippen LogP contribution in [0.25, 0.3) is 22.3 Å². The summed E-state index contributed by atoms with van der Waals surface area (Å²) < 4.78 is 20.0. The van der Waals surface area contributed by atoms with Crippen LogP contribution in [0.3, 0.4) is 0 Å². The van der Waals surface area contributed by atoms with Crippen molar-refractivity contribution in [3.05, 3.63) is 76.6 Å². The molecule has 0 aliphatic carbocycles. The van der Waals surface area contributed by atoms with E-state index in [-0.39, 0.29) is 12.4 Å². The Morgan fingerprint density at radius 2 is 1.82 bits per heavy atom. The van der Waals surface area contributed by atoms with E-state index in [0.717, 1.165) is 36.2 Å². The van der Waals surface area contributed by atoms with E-state index in [9.17, 15) is 4.39 Å². The number of fused-ring (bicyclic) bond motifs is 1. The third kappa shape index (κ3) is 3.19. The second kappa shape index (κ2) is 7.74. The third-order valence-electron chi connectivity index (χ3n) is 5.65. The maximum Gasteiger partial charge on any atom is 0.132 e. The SMILES string of the molecule is COc1cc(-c2cccc(-c3cccc4c3CCNC4)c2C)cc(F)c1CN. The zero-order chi connectivity index (χ0) is 19.7. The molecule has 144 valence electrons. The van der Waals surface area contributed by atoms with Gasteiger partial charge in [0.1, 0.15) is 11.6 Å². The molecule has 0 amide bonds. The van der Waals surface area contributed by atoms with Crippen molar-refractivity contribution in [1.82, 2.24) is 5.32 Å². The first kappa shape index (κ1) is 18.7. The Kier molecular flexibility index (Phi) is 5.16. The van der Waals surface area contributed by atoms with Crippen molar-refractivity contribution in [2.75, 3.05) is 13.7 Å². The molecule has 0 saturated heterocycles. The molecule has 1 aliphatic heterocycles. The van der Waals surface area contributed by atoms with Gasteiger partial charge in [0.2, 0.25) is 0 Å². The van der Waals surface area contributed by atoms with Crippen LogP contribution in [0.4, 0.5) is 4.39 Å². The quantitative estimate of drug-likeness (QED) is 0.701. The first-order valence-electron chi connectivity index (χ1n) is 9.62. The number of rotatable bonds is 4. The largest absolute Gasteiger partial charge is 0.496 e. The first-order chi connectivity index (χ1) is 13.6. The smallest absolute Gasteiger partial charge is 0.132 e. The monoisotopic (exact) mass is 376 g/mol. The molecule has 3 aromatic carbocycles. The molecule has 1 aliphatic rings. The van der Waals surface area contributed by atoms with Gasteiger partial charge in [-0.1, -0.05) is 36.4 Å². The number of halogens is 1. The van der Waals surface area contributed by atoms with E-state index in [2.05, 4.69) is 36.5 Å². The molecule has 28 heavy (non-hydrogen) atoms. The van der Waals surface area contributed by atoms with Crippen LogP contribution in [0.15, 0.2) is 48.5 Å². The van der Waals surface area contributed by atoms with Crippen molar-refractivity contribution < 1.29 is 9.13 Å². The van der Waals surface area contributed by atoms with Gasteiger partial charge in [0.15, 0.2) is 0 Å². The van der Waals surface area contributed by atoms with Gasteiger partial charge in [-0.25, -0.2) is 4.39 Å². The Bertz CT molecular complexity index is 1030. The standard InChI is InChI=1S/C24H25FN2O/c1-15-18(17-11-23(25)22(13-26)24(12-17)28-2)6-4-7-19(15)21-8-3-5-16-14-27-10-9-20(16)21/h3-8,11-12,27H,9-10,13-14,26H2,1-2H3. The van der Waals surface area contributed by atoms with Crippen molar-refractivity contribution in [2.24, 2.45) is 5.73 Å². The van der Waals surface area contributed by atoms with Crippen molar-refractivity contribution in [3.8, 4) is 28.0 Å². The van der Waals surface area contributed by atoms with Crippen molar-refractivity contribution >= 4 is 0 Å². The van der Waals surface area contributed by atoms with Gasteiger partial charge in [-0.15, -0.1) is 0 Å². The van der Waals surface area contributed by atoms with Gasteiger partial charge in [0.25, 0.3) is 0 Å². The molecule has 4 rings (SSSR count). The molecular formula is C24H25FN2O. The van der Waals surface area contributed by atoms with Crippen molar-refractivity contribution in [2.45, 2.75) is 26.4 Å². The summed E-state index contributed by atoms with van der Waals surface area (Å²) in [5.74, 6) is 0.162. The molecule has 3 aromatic rings. The van der Waals surface area contributed by atoms with Gasteiger partial charge in [-0.05, 0) is 71.0 Å². The zero-order valence-electron chi connectivity index (χ0n) is 16.3. The maximum atomic E-state index is 14.6. The van der Waals surface area contributed by atoms with E-state index in [1.165, 1.54) is 22.3 Å². The Hall–Kier alpha value is -2.69. The summed E-state index contributed by atoms with van der Waals surface area (Å²) in [6.45, 7) is 4.11. The molecule has 0 unspecified atom stereocenters. The molecule has 0 radical (unpaired) electrons. The summed E-state index contributed by atoms with van der Waals surface area (Å²) in [5, 5.41) is 3.44. The van der Waals surface area contributed by atoms with Gasteiger partial charge < -0.3 is 15.8 Å². The number of benzene rings is 3. The van der Waals surface area contributed by atoms with E-state index >= 15 is 0 Å². The molecule has 0 spiro atoms. The maximum absolute atomic E-state index is 14.6. The Balaban J connectivity index is 1.87. The molecule has 0 fully saturated rings. The molecule has 0 bridgehead atoms. The second-order valence-corrected chi connectivity index (χ2v) is 7.19. The molecule has 0 aromatic heterocycles. The third-order valence-corrected chi connectivity index (χ3v) is 5.65. The minimum atomic E-state index is -0.329. The number of methoxy groups -OCH3 is 1. The summed E-state index contributed by atoms with van der Waals surface area (Å²) in [5.41, 5.74) is 14.3. The van der Waals surface area contributed by atoms with E-state index in [0.29, 0.717) is 11.3 Å². The summed E-state index contributed by atoms with van der Waals surface area (Å²) in [6.07, 6.45) is 1.02. The molecular weight excluding hydrogens is 351 g/mol. The van der Waals surface area contributed by atoms with Crippen LogP contribution in [-0.2, 0) is 19.5 Å². The topological polar surface area (TPSA) is 47.3 Å². The van der Waals surface area contributed by atoms with Crippen LogP contribution in [-0.4, -0.2) is 13.7 Å². The average Bonchev–Trinajstić information content (AvgIpc) is 2.73. The predicted octanol–water partition coefficient (Wildman–Crippen LogP) is 4.58. The lowest BCUT2D eigenvalue weighted by Gasteiger charge is -2.22. The minimum Gasteiger partial charge on any atom is -0.496 e. The Labute approximate surface area is 165 Å². The number of nitrogens with one attached hydrogen (secondary N) is 1. The molecule has 3 N–H and O–H groups in total. The van der Waals surface area contributed by atoms with Crippen molar-refractivity contribution in [3.63, 3.8) is 0 Å². The summed E-state index contributed by atoms with van der Waals surface area (Å²) in [6, 6.07) is 16.2. The van der Waals surface area contributed by atoms with Crippen LogP contribution in [0.2, 0.25) is 0 Å². The molecule has 0 saturated carbocycles. The van der Waals surface area contributed by atoms with E-state index in [1.807, 2.05) is 18.2 Å². The van der Waals surface area contributed by atoms with Crippen LogP contribution < -0.4 is 15.8 Å². The highest BCUT2D eigenvalue weighted by Crippen LogP contribution is 2.37. The highest BCUT2D eigenvalue weighted by Gasteiger charge is 2.18. The molecule has 0 atom stereocenters. The zero-order valence-corrected chi connectivity index (χ0v) is 16.3. The lowest BCUT2D eigenvalue weighted by Crippen LogP contribution is -2.24. The Morgan fingerprint density at radius 3 is 2.61 bits per heavy atom. The molecule has 4 heteroatoms. The van der Waals surface area contributed by atoms with Crippen LogP contribution in [0.1, 0.15) is 22.3 Å². The summed E-state index contributed by atoms with van der Waals surface area (Å²) in [7, 11) is 1.55. The van der Waals surface area contributed by atoms with Gasteiger partial charge in [0, 0.05) is 18.7 Å². The van der Waals surface area contributed by atoms with Crippen LogP contribution in [0, 0.1) is 12.7 Å². The number of nitrogens with two attached hydrogens (primary N) is 1. The second-order valence-electron chi connectivity index (χ2n) is 7.19. The molecule has 3 nitrogen and oxygen atoms in total. The fourth-order valence-corrected chi connectivity index (χ4v) is 4.17. The normalized spacial score (nSPS) is 13.3. The lowest BCUT2D eigenvalue weighted by molar-refractivity contribution is 0.405. The molecule has 1 heterocycles. The van der Waals surface area contributed by atoms with Gasteiger partial charge in [-0.2, -0.15) is 0 Å². The predicted molar refractivity (Wildman–Crippen MR) is 112 cm³/mol. The van der Waals surface area contributed by atoms with Gasteiger partial charge >= 0.3 is 0 Å². The van der Waals surface area contributed by atoms with E-state index < -0.39 is 0 Å². The van der Waals surface area contributed by atoms with Gasteiger partial charge in [0.05, 0.1) is 7.11 Å². The van der Waals surface area contributed by atoms with Crippen molar-refractivity contribution in [1.29, 1.82) is 0 Å². The highest BCUT2D eigenvalue weighted by molar-refractivity contribution is 5.81. The van der Waals surface area contributed by atoms with Crippen LogP contribution >= 0.6 is 0 Å². The lowest BCUT2D eigenvalue weighted by atomic mass is 9.87. The number of hydrogen-bond donors (Lipinski definition) is 2. The van der Waals surface area contributed by atoms with Gasteiger partial charge in [-0.3, -0.25) is 0 Å². The first-order valence-corrected chi connectivity index (χ1v) is 9.62. The summed E-state index contributed by atoms with van der Waals surface area (Å²) in [4.78, 5) is 0. The number of hydrogen-bond acceptors (Lipinski definition) is 3. The van der Waals surface area contributed by atoms with Crippen LogP contribution in [0.5, 0.6) is 5.75 Å².